The van der Waals surface area contributed by atoms with Crippen LogP contribution < -0.4 is 10.6 Å². The van der Waals surface area contributed by atoms with E-state index >= 15 is 0 Å². The molecule has 1 saturated heterocycles. The Bertz CT molecular complexity index is 1170. The summed E-state index contributed by atoms with van der Waals surface area (Å²) in [5.74, 6) is -0.818. The molecule has 0 aliphatic carbocycles. The fraction of sp³-hybridized carbons (Fsp3) is 0.423. The third-order valence-corrected chi connectivity index (χ3v) is 6.04. The zero-order valence-electron chi connectivity index (χ0n) is 20.4. The molecule has 1 amide bonds. The van der Waals surface area contributed by atoms with Gasteiger partial charge in [-0.2, -0.15) is 0 Å². The maximum Gasteiger partial charge on any atom is 0.356 e. The van der Waals surface area contributed by atoms with E-state index in [1.165, 1.54) is 7.11 Å². The molecule has 9 heteroatoms. The van der Waals surface area contributed by atoms with E-state index in [9.17, 15) is 9.59 Å². The minimum atomic E-state index is -0.542. The Kier molecular flexibility index (Phi) is 7.99. The van der Waals surface area contributed by atoms with Crippen molar-refractivity contribution in [1.29, 1.82) is 0 Å². The number of rotatable bonds is 10. The molecule has 2 unspecified atom stereocenters. The molecule has 3 heterocycles. The normalized spacial score (nSPS) is 16.3. The Morgan fingerprint density at radius 1 is 1.26 bits per heavy atom. The highest BCUT2D eigenvalue weighted by molar-refractivity contribution is 6.12. The van der Waals surface area contributed by atoms with Crippen LogP contribution in [-0.4, -0.2) is 61.0 Å². The number of fused-ring (bicyclic) bond motifs is 1. The summed E-state index contributed by atoms with van der Waals surface area (Å²) in [6, 6.07) is 11.9. The van der Waals surface area contributed by atoms with Crippen molar-refractivity contribution in [2.75, 3.05) is 38.1 Å². The second-order valence-electron chi connectivity index (χ2n) is 8.69. The number of carbonyl (C=O) groups excluding carboxylic acids is 2. The Morgan fingerprint density at radius 2 is 2.06 bits per heavy atom. The van der Waals surface area contributed by atoms with E-state index in [0.717, 1.165) is 17.7 Å². The lowest BCUT2D eigenvalue weighted by Crippen LogP contribution is -2.28. The van der Waals surface area contributed by atoms with Crippen molar-refractivity contribution in [3.05, 3.63) is 53.9 Å². The van der Waals surface area contributed by atoms with Gasteiger partial charge in [-0.3, -0.25) is 4.79 Å². The SMILES string of the molecule is COCC(C)Nc1cnc2c(c1)c(NC(=O)C1CCCO1)c(C(=O)OC)n2CCc1ccccc1. The predicted molar refractivity (Wildman–Crippen MR) is 134 cm³/mol. The van der Waals surface area contributed by atoms with Gasteiger partial charge in [0.15, 0.2) is 5.69 Å². The van der Waals surface area contributed by atoms with Gasteiger partial charge in [0.2, 0.25) is 0 Å². The molecule has 0 radical (unpaired) electrons. The third kappa shape index (κ3) is 5.63. The van der Waals surface area contributed by atoms with Gasteiger partial charge in [-0.05, 0) is 37.8 Å². The number of methoxy groups -OCH3 is 2. The number of pyridine rings is 1. The van der Waals surface area contributed by atoms with Gasteiger partial charge >= 0.3 is 5.97 Å². The van der Waals surface area contributed by atoms with E-state index in [2.05, 4.69) is 15.6 Å². The van der Waals surface area contributed by atoms with Crippen molar-refractivity contribution in [2.24, 2.45) is 0 Å². The average molecular weight is 481 g/mol. The van der Waals surface area contributed by atoms with Gasteiger partial charge in [0.25, 0.3) is 5.91 Å². The number of benzene rings is 1. The van der Waals surface area contributed by atoms with Crippen LogP contribution in [0.4, 0.5) is 11.4 Å². The van der Waals surface area contributed by atoms with Crippen LogP contribution in [0.5, 0.6) is 0 Å². The fourth-order valence-electron chi connectivity index (χ4n) is 4.41. The first kappa shape index (κ1) is 24.7. The number of amides is 1. The van der Waals surface area contributed by atoms with E-state index < -0.39 is 12.1 Å². The third-order valence-electron chi connectivity index (χ3n) is 6.04. The van der Waals surface area contributed by atoms with E-state index in [1.807, 2.05) is 47.9 Å². The van der Waals surface area contributed by atoms with Crippen molar-refractivity contribution in [3.8, 4) is 0 Å². The van der Waals surface area contributed by atoms with Gasteiger partial charge in [-0.15, -0.1) is 0 Å². The Balaban J connectivity index is 1.78. The number of carbonyl (C=O) groups is 2. The molecule has 4 rings (SSSR count). The summed E-state index contributed by atoms with van der Waals surface area (Å²) >= 11 is 0. The maximum absolute atomic E-state index is 13.0. The van der Waals surface area contributed by atoms with Gasteiger partial charge in [0.1, 0.15) is 11.8 Å². The molecule has 0 bridgehead atoms. The van der Waals surface area contributed by atoms with Crippen LogP contribution >= 0.6 is 0 Å². The first-order chi connectivity index (χ1) is 17.0. The van der Waals surface area contributed by atoms with Crippen molar-refractivity contribution in [2.45, 2.75) is 44.9 Å². The molecular weight excluding hydrogens is 448 g/mol. The Morgan fingerprint density at radius 3 is 2.74 bits per heavy atom. The molecule has 9 nitrogen and oxygen atoms in total. The number of anilines is 2. The molecule has 1 aromatic carbocycles. The number of aromatic nitrogens is 2. The molecule has 1 aliphatic rings. The lowest BCUT2D eigenvalue weighted by atomic mass is 10.1. The lowest BCUT2D eigenvalue weighted by molar-refractivity contribution is -0.124. The van der Waals surface area contributed by atoms with Gasteiger partial charge in [0, 0.05) is 31.7 Å². The number of ether oxygens (including phenoxy) is 3. The standard InChI is InChI=1S/C26H32N4O5/c1-17(16-33-2)28-19-14-20-22(29-25(31)21-10-7-13-35-21)23(26(32)34-3)30(24(20)27-15-19)12-11-18-8-5-4-6-9-18/h4-6,8-9,14-15,17,21,28H,7,10-13,16H2,1-3H3,(H,29,31). The van der Waals surface area contributed by atoms with Crippen LogP contribution in [0.3, 0.4) is 0 Å². The summed E-state index contributed by atoms with van der Waals surface area (Å²) < 4.78 is 17.7. The Hall–Kier alpha value is -3.43. The summed E-state index contributed by atoms with van der Waals surface area (Å²) in [7, 11) is 2.98. The largest absolute Gasteiger partial charge is 0.464 e. The highest BCUT2D eigenvalue weighted by atomic mass is 16.5. The van der Waals surface area contributed by atoms with E-state index in [1.54, 1.807) is 13.3 Å². The van der Waals surface area contributed by atoms with Crippen LogP contribution in [0.25, 0.3) is 11.0 Å². The van der Waals surface area contributed by atoms with Crippen molar-refractivity contribution >= 4 is 34.3 Å². The van der Waals surface area contributed by atoms with Crippen LogP contribution in [-0.2, 0) is 32.0 Å². The maximum atomic E-state index is 13.0. The molecule has 2 aromatic heterocycles. The summed E-state index contributed by atoms with van der Waals surface area (Å²) in [4.78, 5) is 30.7. The molecular formula is C26H32N4O5. The molecule has 35 heavy (non-hydrogen) atoms. The number of nitrogens with one attached hydrogen (secondary N) is 2. The van der Waals surface area contributed by atoms with E-state index in [4.69, 9.17) is 14.2 Å². The topological polar surface area (TPSA) is 104 Å². The monoisotopic (exact) mass is 480 g/mol. The number of hydrogen-bond acceptors (Lipinski definition) is 7. The molecule has 1 aliphatic heterocycles. The molecule has 1 fully saturated rings. The lowest BCUT2D eigenvalue weighted by Gasteiger charge is -2.14. The van der Waals surface area contributed by atoms with Crippen molar-refractivity contribution in [3.63, 3.8) is 0 Å². The summed E-state index contributed by atoms with van der Waals surface area (Å²) in [6.45, 7) is 3.55. The van der Waals surface area contributed by atoms with Crippen LogP contribution in [0, 0.1) is 0 Å². The smallest absolute Gasteiger partial charge is 0.356 e. The Labute approximate surface area is 204 Å². The zero-order valence-corrected chi connectivity index (χ0v) is 20.4. The minimum absolute atomic E-state index is 0.0458. The number of esters is 1. The first-order valence-electron chi connectivity index (χ1n) is 11.8. The van der Waals surface area contributed by atoms with Gasteiger partial charge < -0.3 is 29.4 Å². The minimum Gasteiger partial charge on any atom is -0.464 e. The molecule has 0 spiro atoms. The second kappa shape index (κ2) is 11.3. The van der Waals surface area contributed by atoms with Crippen molar-refractivity contribution in [1.82, 2.24) is 9.55 Å². The molecule has 0 saturated carbocycles. The number of hydrogen-bond donors (Lipinski definition) is 2. The van der Waals surface area contributed by atoms with E-state index in [0.29, 0.717) is 49.3 Å². The van der Waals surface area contributed by atoms with Gasteiger partial charge in [0.05, 0.1) is 31.3 Å². The summed E-state index contributed by atoms with van der Waals surface area (Å²) in [5.41, 5.74) is 3.12. The molecule has 2 N–H and O–H groups in total. The summed E-state index contributed by atoms with van der Waals surface area (Å²) in [5, 5.41) is 6.96. The zero-order chi connectivity index (χ0) is 24.8. The second-order valence-corrected chi connectivity index (χ2v) is 8.69. The molecule has 3 aromatic rings. The predicted octanol–water partition coefficient (Wildman–Crippen LogP) is 3.63. The quantitative estimate of drug-likeness (QED) is 0.427. The summed E-state index contributed by atoms with van der Waals surface area (Å²) in [6.07, 6.45) is 3.33. The number of nitrogens with zero attached hydrogens (tertiary/aromatic N) is 2. The van der Waals surface area contributed by atoms with Crippen LogP contribution in [0.2, 0.25) is 0 Å². The highest BCUT2D eigenvalue weighted by Gasteiger charge is 2.30. The first-order valence-corrected chi connectivity index (χ1v) is 11.8. The number of aryl methyl sites for hydroxylation is 2. The van der Waals surface area contributed by atoms with E-state index in [-0.39, 0.29) is 17.6 Å². The van der Waals surface area contributed by atoms with Gasteiger partial charge in [-0.1, -0.05) is 30.3 Å². The average Bonchev–Trinajstić information content (AvgIpc) is 3.50. The van der Waals surface area contributed by atoms with Crippen LogP contribution in [0.1, 0.15) is 35.8 Å². The highest BCUT2D eigenvalue weighted by Crippen LogP contribution is 2.33. The van der Waals surface area contributed by atoms with Crippen LogP contribution in [0.15, 0.2) is 42.6 Å². The van der Waals surface area contributed by atoms with Crippen molar-refractivity contribution < 1.29 is 23.8 Å². The molecule has 2 atom stereocenters. The van der Waals surface area contributed by atoms with Gasteiger partial charge in [-0.25, -0.2) is 9.78 Å². The fourth-order valence-corrected chi connectivity index (χ4v) is 4.41. The molecule has 186 valence electrons.